The van der Waals surface area contributed by atoms with Gasteiger partial charge < -0.3 is 24.8 Å². The number of anilines is 1. The first-order valence-corrected chi connectivity index (χ1v) is 8.78. The lowest BCUT2D eigenvalue weighted by molar-refractivity contribution is -0.136. The number of amides is 3. The van der Waals surface area contributed by atoms with Crippen molar-refractivity contribution in [2.75, 3.05) is 52.2 Å². The van der Waals surface area contributed by atoms with Crippen molar-refractivity contribution in [3.05, 3.63) is 24.3 Å². The molecule has 0 unspecified atom stereocenters. The molecule has 0 aliphatic carbocycles. The zero-order valence-electron chi connectivity index (χ0n) is 14.9. The molecule has 1 atom stereocenters. The van der Waals surface area contributed by atoms with Crippen LogP contribution in [-0.4, -0.2) is 79.6 Å². The second kappa shape index (κ2) is 7.74. The van der Waals surface area contributed by atoms with Gasteiger partial charge in [-0.1, -0.05) is 12.1 Å². The molecule has 3 rings (SSSR count). The Morgan fingerprint density at radius 1 is 1.12 bits per heavy atom. The molecule has 0 spiro atoms. The molecule has 1 N–H and O–H groups in total. The number of likely N-dealkylation sites (tertiary alicyclic amines) is 1. The van der Waals surface area contributed by atoms with Crippen LogP contribution >= 0.6 is 0 Å². The number of carbonyl (C=O) groups is 2. The SMILES string of the molecule is COc1ccccc1NC(=O)N1CCC[C@H]1C(=O)N1CCN(C)CC1. The number of benzene rings is 1. The van der Waals surface area contributed by atoms with Crippen molar-refractivity contribution in [3.8, 4) is 5.75 Å². The zero-order chi connectivity index (χ0) is 17.8. The first kappa shape index (κ1) is 17.5. The number of methoxy groups -OCH3 is 1. The lowest BCUT2D eigenvalue weighted by Crippen LogP contribution is -2.54. The van der Waals surface area contributed by atoms with Crippen LogP contribution in [0.2, 0.25) is 0 Å². The van der Waals surface area contributed by atoms with Crippen LogP contribution in [0.15, 0.2) is 24.3 Å². The number of likely N-dealkylation sites (N-methyl/N-ethyl adjacent to an activating group) is 1. The van der Waals surface area contributed by atoms with Crippen molar-refractivity contribution in [2.45, 2.75) is 18.9 Å². The molecule has 1 aromatic rings. The van der Waals surface area contributed by atoms with Gasteiger partial charge in [-0.2, -0.15) is 0 Å². The molecule has 2 saturated heterocycles. The summed E-state index contributed by atoms with van der Waals surface area (Å²) >= 11 is 0. The van der Waals surface area contributed by atoms with Gasteiger partial charge >= 0.3 is 6.03 Å². The summed E-state index contributed by atoms with van der Waals surface area (Å²) in [6.07, 6.45) is 1.58. The maximum absolute atomic E-state index is 12.9. The molecule has 0 bridgehead atoms. The van der Waals surface area contributed by atoms with Crippen LogP contribution in [0, 0.1) is 0 Å². The maximum Gasteiger partial charge on any atom is 0.322 e. The van der Waals surface area contributed by atoms with E-state index < -0.39 is 0 Å². The van der Waals surface area contributed by atoms with Gasteiger partial charge in [-0.25, -0.2) is 4.79 Å². The first-order valence-electron chi connectivity index (χ1n) is 8.78. The van der Waals surface area contributed by atoms with Gasteiger partial charge in [0.05, 0.1) is 12.8 Å². The van der Waals surface area contributed by atoms with Crippen LogP contribution < -0.4 is 10.1 Å². The summed E-state index contributed by atoms with van der Waals surface area (Å²) in [4.78, 5) is 31.3. The van der Waals surface area contributed by atoms with Gasteiger partial charge in [0.1, 0.15) is 11.8 Å². The molecule has 0 aromatic heterocycles. The Morgan fingerprint density at radius 3 is 2.56 bits per heavy atom. The van der Waals surface area contributed by atoms with Crippen LogP contribution in [0.5, 0.6) is 5.75 Å². The highest BCUT2D eigenvalue weighted by molar-refractivity contribution is 5.95. The Kier molecular flexibility index (Phi) is 5.43. The second-order valence-corrected chi connectivity index (χ2v) is 6.61. The second-order valence-electron chi connectivity index (χ2n) is 6.61. The number of piperazine rings is 1. The van der Waals surface area contributed by atoms with Gasteiger partial charge in [0.15, 0.2) is 0 Å². The molecule has 0 radical (unpaired) electrons. The van der Waals surface area contributed by atoms with E-state index in [0.717, 1.165) is 39.0 Å². The summed E-state index contributed by atoms with van der Waals surface area (Å²) in [5.41, 5.74) is 0.618. The van der Waals surface area contributed by atoms with E-state index in [1.165, 1.54) is 0 Å². The van der Waals surface area contributed by atoms with Crippen molar-refractivity contribution >= 4 is 17.6 Å². The summed E-state index contributed by atoms with van der Waals surface area (Å²) in [5.74, 6) is 0.678. The van der Waals surface area contributed by atoms with Crippen molar-refractivity contribution in [1.29, 1.82) is 0 Å². The largest absolute Gasteiger partial charge is 0.495 e. The van der Waals surface area contributed by atoms with E-state index in [9.17, 15) is 9.59 Å². The van der Waals surface area contributed by atoms with Crippen molar-refractivity contribution in [3.63, 3.8) is 0 Å². The molecule has 7 nitrogen and oxygen atoms in total. The highest BCUT2D eigenvalue weighted by Crippen LogP contribution is 2.26. The summed E-state index contributed by atoms with van der Waals surface area (Å²) in [7, 11) is 3.63. The van der Waals surface area contributed by atoms with E-state index in [-0.39, 0.29) is 18.0 Å². The van der Waals surface area contributed by atoms with Crippen LogP contribution in [0.3, 0.4) is 0 Å². The standard InChI is InChI=1S/C18H26N4O3/c1-20-10-12-21(13-11-20)17(23)15-7-5-9-22(15)18(24)19-14-6-3-4-8-16(14)25-2/h3-4,6,8,15H,5,7,9-13H2,1-2H3,(H,19,24)/t15-/m0/s1. The molecule has 0 saturated carbocycles. The molecule has 3 amide bonds. The smallest absolute Gasteiger partial charge is 0.322 e. The Labute approximate surface area is 148 Å². The number of carbonyl (C=O) groups excluding carboxylic acids is 2. The fourth-order valence-electron chi connectivity index (χ4n) is 3.44. The molecule has 2 fully saturated rings. The summed E-state index contributed by atoms with van der Waals surface area (Å²) in [6.45, 7) is 3.82. The van der Waals surface area contributed by atoms with E-state index in [2.05, 4.69) is 17.3 Å². The predicted octanol–water partition coefficient (Wildman–Crippen LogP) is 1.47. The molecule has 136 valence electrons. The number of para-hydroxylation sites is 2. The molecular weight excluding hydrogens is 320 g/mol. The third-order valence-electron chi connectivity index (χ3n) is 4.96. The topological polar surface area (TPSA) is 65.1 Å². The molecule has 2 aliphatic rings. The average Bonchev–Trinajstić information content (AvgIpc) is 3.12. The first-order chi connectivity index (χ1) is 12.1. The quantitative estimate of drug-likeness (QED) is 0.900. The zero-order valence-corrected chi connectivity index (χ0v) is 14.9. The predicted molar refractivity (Wildman–Crippen MR) is 95.8 cm³/mol. The van der Waals surface area contributed by atoms with Crippen LogP contribution in [0.25, 0.3) is 0 Å². The number of ether oxygens (including phenoxy) is 1. The Hall–Kier alpha value is -2.28. The van der Waals surface area contributed by atoms with Crippen molar-refractivity contribution < 1.29 is 14.3 Å². The molecule has 2 aliphatic heterocycles. The van der Waals surface area contributed by atoms with Gasteiger partial charge in [0.2, 0.25) is 5.91 Å². The Balaban J connectivity index is 1.66. The lowest BCUT2D eigenvalue weighted by atomic mass is 10.1. The molecule has 1 aromatic carbocycles. The van der Waals surface area contributed by atoms with Gasteiger partial charge in [0, 0.05) is 32.7 Å². The fourth-order valence-corrected chi connectivity index (χ4v) is 3.44. The Bertz CT molecular complexity index is 629. The lowest BCUT2D eigenvalue weighted by Gasteiger charge is -2.35. The average molecular weight is 346 g/mol. The minimum atomic E-state index is -0.363. The number of nitrogens with one attached hydrogen (secondary N) is 1. The minimum Gasteiger partial charge on any atom is -0.495 e. The number of hydrogen-bond acceptors (Lipinski definition) is 4. The third kappa shape index (κ3) is 3.87. The van der Waals surface area contributed by atoms with E-state index in [0.29, 0.717) is 18.0 Å². The van der Waals surface area contributed by atoms with Gasteiger partial charge in [-0.3, -0.25) is 4.79 Å². The summed E-state index contributed by atoms with van der Waals surface area (Å²) < 4.78 is 5.28. The van der Waals surface area contributed by atoms with E-state index >= 15 is 0 Å². The number of hydrogen-bond donors (Lipinski definition) is 1. The van der Waals surface area contributed by atoms with Crippen LogP contribution in [0.1, 0.15) is 12.8 Å². The van der Waals surface area contributed by atoms with E-state index in [1.54, 1.807) is 24.1 Å². The number of rotatable bonds is 3. The van der Waals surface area contributed by atoms with E-state index in [1.807, 2.05) is 17.0 Å². The summed E-state index contributed by atoms with van der Waals surface area (Å²) in [5, 5.41) is 2.88. The van der Waals surface area contributed by atoms with Crippen molar-refractivity contribution in [1.82, 2.24) is 14.7 Å². The Morgan fingerprint density at radius 2 is 1.84 bits per heavy atom. The van der Waals surface area contributed by atoms with Gasteiger partial charge in [0.25, 0.3) is 0 Å². The van der Waals surface area contributed by atoms with Gasteiger partial charge in [-0.05, 0) is 32.0 Å². The molecular formula is C18H26N4O3. The summed E-state index contributed by atoms with van der Waals surface area (Å²) in [6, 6.07) is 6.68. The van der Waals surface area contributed by atoms with Crippen molar-refractivity contribution in [2.24, 2.45) is 0 Å². The minimum absolute atomic E-state index is 0.0702. The number of urea groups is 1. The third-order valence-corrected chi connectivity index (χ3v) is 4.96. The monoisotopic (exact) mass is 346 g/mol. The number of nitrogens with zero attached hydrogens (tertiary/aromatic N) is 3. The van der Waals surface area contributed by atoms with Gasteiger partial charge in [-0.15, -0.1) is 0 Å². The van der Waals surface area contributed by atoms with E-state index in [4.69, 9.17) is 4.74 Å². The fraction of sp³-hybridized carbons (Fsp3) is 0.556. The molecule has 7 heteroatoms. The highest BCUT2D eigenvalue weighted by Gasteiger charge is 2.37. The van der Waals surface area contributed by atoms with Crippen LogP contribution in [0.4, 0.5) is 10.5 Å². The molecule has 2 heterocycles. The highest BCUT2D eigenvalue weighted by atomic mass is 16.5. The molecule has 25 heavy (non-hydrogen) atoms. The van der Waals surface area contributed by atoms with Crippen LogP contribution in [-0.2, 0) is 4.79 Å². The maximum atomic E-state index is 12.9. The normalized spacial score (nSPS) is 21.3.